The molecular weight excluding hydrogens is 1170 g/mol. The Bertz CT molecular complexity index is 2230. The van der Waals surface area contributed by atoms with E-state index < -0.39 is 261 Å². The average molecular weight is 1250 g/mol. The zero-order chi connectivity index (χ0) is 62.0. The summed E-state index contributed by atoms with van der Waals surface area (Å²) >= 11 is 0. The van der Waals surface area contributed by atoms with E-state index in [0.717, 1.165) is 5.56 Å². The maximum Gasteiger partial charge on any atom is 0.187 e. The van der Waals surface area contributed by atoms with Crippen LogP contribution in [0, 0.1) is 0 Å². The molecule has 35 atom stereocenters. The summed E-state index contributed by atoms with van der Waals surface area (Å²) < 4.78 is 87.5. The molecule has 0 aliphatic carbocycles. The highest BCUT2D eigenvalue weighted by atomic mass is 16.8. The number of benzene rings is 1. The molecule has 0 saturated carbocycles. The average Bonchev–Trinajstić information content (AvgIpc) is 1.86. The predicted octanol–water partition coefficient (Wildman–Crippen LogP) is -12.5. The van der Waals surface area contributed by atoms with Gasteiger partial charge in [0.05, 0.1) is 52.9 Å². The number of hydrogen-bond donors (Lipinski definition) is 20. The van der Waals surface area contributed by atoms with Gasteiger partial charge in [0.25, 0.3) is 0 Å². The molecule has 14 bridgehead atoms. The van der Waals surface area contributed by atoms with Crippen LogP contribution in [0.5, 0.6) is 0 Å². The third kappa shape index (κ3) is 14.0. The van der Waals surface area contributed by atoms with Gasteiger partial charge in [0.2, 0.25) is 0 Å². The summed E-state index contributed by atoms with van der Waals surface area (Å²) in [6.07, 6.45) is -66.0. The topological polar surface area (TPSA) is 543 Å². The first-order valence-electron chi connectivity index (χ1n) is 27.8. The molecule has 21 aliphatic rings. The molecule has 0 aromatic heterocycles. The van der Waals surface area contributed by atoms with Gasteiger partial charge in [-0.3, -0.25) is 0 Å². The van der Waals surface area contributed by atoms with Crippen molar-refractivity contribution in [3.05, 3.63) is 42.0 Å². The van der Waals surface area contributed by atoms with Crippen LogP contribution in [0.4, 0.5) is 0 Å². The molecule has 21 aliphatic heterocycles. The summed E-state index contributed by atoms with van der Waals surface area (Å²) in [5, 5.41) is 223. The largest absolute Gasteiger partial charge is 0.394 e. The van der Waals surface area contributed by atoms with E-state index in [-0.39, 0.29) is 6.61 Å². The standard InChI is InChI=1S/C51H78O35/c52-9-17-37-25(60)31(66)46(74-17)82-39-19(11-54)76-48(33(68)27(39)62)84-41-21(13-56)78-50(35(70)29(41)64)86-43-23(15-58)79-51(36(71)44(43)72-8-4-7-16-5-2-1-3-6-16)85-42-22(14-57)77-49(34(69)28(42)63)83-40-20(12-55)75-47(32(67)26(40)61)81-38-18(10-53)73-45(80-37)30(65)24(38)59/h1-7,17-71H,8-15H2/b7-4+/t17-,18-,19-,20-,21-,22-,23-,24-,25-,26-,27-,28-,29-,30-,31-,32-,33-,34-,35-,36-,37-,38-,39-,40-,41-,42-,43-,44-,45-,46-,47-,48-,49-,50-,51-/m1/s1. The molecule has 0 unspecified atom stereocenters. The van der Waals surface area contributed by atoms with Crippen molar-refractivity contribution in [3.63, 3.8) is 0 Å². The highest BCUT2D eigenvalue weighted by Gasteiger charge is 2.60. The number of hydrogen-bond acceptors (Lipinski definition) is 35. The van der Waals surface area contributed by atoms with Crippen molar-refractivity contribution in [2.24, 2.45) is 0 Å². The Labute approximate surface area is 488 Å². The van der Waals surface area contributed by atoms with Gasteiger partial charge in [-0.2, -0.15) is 0 Å². The molecule has 21 fully saturated rings. The highest BCUT2D eigenvalue weighted by molar-refractivity contribution is 5.48. The van der Waals surface area contributed by atoms with E-state index in [9.17, 15) is 102 Å². The van der Waals surface area contributed by atoms with E-state index in [1.54, 1.807) is 36.4 Å². The van der Waals surface area contributed by atoms with E-state index >= 15 is 0 Å². The minimum Gasteiger partial charge on any atom is -0.394 e. The van der Waals surface area contributed by atoms with Crippen LogP contribution in [0.2, 0.25) is 0 Å². The second kappa shape index (κ2) is 29.9. The van der Waals surface area contributed by atoms with Crippen molar-refractivity contribution < 1.29 is 173 Å². The van der Waals surface area contributed by atoms with Crippen LogP contribution in [0.25, 0.3) is 6.08 Å². The summed E-state index contributed by atoms with van der Waals surface area (Å²) in [6, 6.07) is 8.84. The third-order valence-corrected chi connectivity index (χ3v) is 16.3. The van der Waals surface area contributed by atoms with Crippen molar-refractivity contribution >= 4 is 6.08 Å². The van der Waals surface area contributed by atoms with Gasteiger partial charge in [-0.1, -0.05) is 42.5 Å². The zero-order valence-corrected chi connectivity index (χ0v) is 45.5. The Hall–Kier alpha value is -2.44. The first-order valence-corrected chi connectivity index (χ1v) is 27.8. The summed E-state index contributed by atoms with van der Waals surface area (Å²) in [6.45, 7) is -7.55. The molecular formula is C51H78O35. The van der Waals surface area contributed by atoms with Gasteiger partial charge in [0, 0.05) is 0 Å². The van der Waals surface area contributed by atoms with Gasteiger partial charge in [0.15, 0.2) is 44.0 Å². The fourth-order valence-electron chi connectivity index (χ4n) is 11.5. The number of aliphatic hydroxyl groups is 20. The molecule has 20 N–H and O–H groups in total. The summed E-state index contributed by atoms with van der Waals surface area (Å²) in [4.78, 5) is 0. The number of aliphatic hydroxyl groups excluding tert-OH is 20. The van der Waals surface area contributed by atoms with Gasteiger partial charge in [-0.15, -0.1) is 0 Å². The fourth-order valence-corrected chi connectivity index (χ4v) is 11.5. The molecule has 21 heterocycles. The van der Waals surface area contributed by atoms with Crippen molar-refractivity contribution in [2.45, 2.75) is 215 Å². The molecule has 35 heteroatoms. The molecule has 0 spiro atoms. The van der Waals surface area contributed by atoms with Gasteiger partial charge >= 0.3 is 0 Å². The van der Waals surface area contributed by atoms with Crippen molar-refractivity contribution in [1.82, 2.24) is 0 Å². The molecule has 1 aromatic rings. The van der Waals surface area contributed by atoms with Crippen LogP contribution < -0.4 is 0 Å². The molecule has 1 aromatic carbocycles. The van der Waals surface area contributed by atoms with E-state index in [4.69, 9.17) is 71.1 Å². The van der Waals surface area contributed by atoms with Crippen molar-refractivity contribution in [1.29, 1.82) is 0 Å². The Balaban J connectivity index is 1.02. The summed E-state index contributed by atoms with van der Waals surface area (Å²) in [5.74, 6) is 0. The quantitative estimate of drug-likeness (QED) is 0.0978. The second-order valence-electron chi connectivity index (χ2n) is 21.8. The lowest BCUT2D eigenvalue weighted by molar-refractivity contribution is -0.397. The molecule has 22 rings (SSSR count). The highest BCUT2D eigenvalue weighted by Crippen LogP contribution is 2.39. The fraction of sp³-hybridized carbons (Fsp3) is 0.843. The van der Waals surface area contributed by atoms with Crippen LogP contribution in [0.3, 0.4) is 0 Å². The minimum absolute atomic E-state index is 0.318. The third-order valence-electron chi connectivity index (χ3n) is 16.3. The Morgan fingerprint density at radius 1 is 0.279 bits per heavy atom. The van der Waals surface area contributed by atoms with Crippen LogP contribution in [-0.2, 0) is 71.1 Å². The molecule has 35 nitrogen and oxygen atoms in total. The molecule has 492 valence electrons. The Kier molecular flexibility index (Phi) is 23.6. The maximum absolute atomic E-state index is 12.0. The number of rotatable bonds is 11. The lowest BCUT2D eigenvalue weighted by Gasteiger charge is -2.50. The van der Waals surface area contributed by atoms with Crippen molar-refractivity contribution in [3.8, 4) is 0 Å². The lowest BCUT2D eigenvalue weighted by atomic mass is 9.95. The van der Waals surface area contributed by atoms with Crippen LogP contribution >= 0.6 is 0 Å². The van der Waals surface area contributed by atoms with E-state index in [2.05, 4.69) is 0 Å². The number of ether oxygens (including phenoxy) is 15. The molecule has 86 heavy (non-hydrogen) atoms. The van der Waals surface area contributed by atoms with E-state index in [0.29, 0.717) is 0 Å². The first kappa shape index (κ1) is 67.9. The summed E-state index contributed by atoms with van der Waals surface area (Å²) in [7, 11) is 0. The van der Waals surface area contributed by atoms with Gasteiger partial charge in [0.1, 0.15) is 171 Å². The summed E-state index contributed by atoms with van der Waals surface area (Å²) in [5.41, 5.74) is 0.725. The Morgan fingerprint density at radius 3 is 0.744 bits per heavy atom. The van der Waals surface area contributed by atoms with E-state index in [1.807, 2.05) is 0 Å². The monoisotopic (exact) mass is 1250 g/mol. The van der Waals surface area contributed by atoms with Crippen LogP contribution in [-0.4, -0.2) is 370 Å². The van der Waals surface area contributed by atoms with Crippen LogP contribution in [0.15, 0.2) is 36.4 Å². The van der Waals surface area contributed by atoms with E-state index in [1.165, 1.54) is 6.08 Å². The molecule has 21 saturated heterocycles. The molecule has 0 radical (unpaired) electrons. The zero-order valence-electron chi connectivity index (χ0n) is 45.5. The minimum atomic E-state index is -2.21. The Morgan fingerprint density at radius 2 is 0.500 bits per heavy atom. The van der Waals surface area contributed by atoms with Gasteiger partial charge in [-0.25, -0.2) is 0 Å². The van der Waals surface area contributed by atoms with Gasteiger partial charge < -0.3 is 173 Å². The molecule has 0 amide bonds. The van der Waals surface area contributed by atoms with Crippen LogP contribution in [0.1, 0.15) is 5.56 Å². The van der Waals surface area contributed by atoms with Crippen molar-refractivity contribution in [2.75, 3.05) is 52.9 Å². The SMILES string of the molecule is OC[C@H]1O[C@@H]2O[C@H]3[C@H](O)[C@@H](O)[C@@H](O[C@H]4[C@H](O)[C@@H](O)[C@@H](O[C@H]5[C@H](OC/C=C/c6ccccc6)[C@@H](O)[C@@H](O[C@H]6[C@H](O)[C@@H](O)[C@@H](O[C@H]7[C@H](O)[C@@H](O)[C@@H](O[C@H]8[C@H](O)[C@@H](O)[C@@H](O[C@H]1[C@H](O)[C@H]2O)O[C@@H]8CO)O[C@@H]7CO)O[C@@H]6CO)O[C@@H]5CO)O[C@@H]4CO)O[C@@H]3CO. The maximum atomic E-state index is 12.0. The predicted molar refractivity (Wildman–Crippen MR) is 268 cm³/mol. The lowest BCUT2D eigenvalue weighted by Crippen LogP contribution is -2.68. The van der Waals surface area contributed by atoms with Gasteiger partial charge in [-0.05, 0) is 5.56 Å². The second-order valence-corrected chi connectivity index (χ2v) is 21.8. The first-order chi connectivity index (χ1) is 41.2. The normalized spacial score (nSPS) is 50.9. The smallest absolute Gasteiger partial charge is 0.187 e.